The van der Waals surface area contributed by atoms with Gasteiger partial charge in [0.1, 0.15) is 18.3 Å². The SMILES string of the molecule is O=C(NCCn1nc(-c2ccco2)ccc1=O)[C@@H]1COCC(=O)N1Cc1ccccc1. The molecule has 1 fully saturated rings. The molecule has 1 N–H and O–H groups in total. The Balaban J connectivity index is 1.39. The summed E-state index contributed by atoms with van der Waals surface area (Å²) in [6.07, 6.45) is 1.53. The number of carbonyl (C=O) groups excluding carboxylic acids is 2. The number of ether oxygens (including phenoxy) is 1. The molecule has 9 nitrogen and oxygen atoms in total. The van der Waals surface area contributed by atoms with Crippen molar-refractivity contribution in [2.24, 2.45) is 0 Å². The quantitative estimate of drug-likeness (QED) is 0.610. The summed E-state index contributed by atoms with van der Waals surface area (Å²) < 4.78 is 11.9. The first-order valence-corrected chi connectivity index (χ1v) is 9.93. The average molecular weight is 422 g/mol. The summed E-state index contributed by atoms with van der Waals surface area (Å²) in [6, 6.07) is 15.2. The Morgan fingerprint density at radius 2 is 1.94 bits per heavy atom. The van der Waals surface area contributed by atoms with E-state index in [0.717, 1.165) is 5.56 Å². The Kier molecular flexibility index (Phi) is 6.23. The Bertz CT molecular complexity index is 1090. The molecule has 1 aliphatic heterocycles. The van der Waals surface area contributed by atoms with E-state index in [1.807, 2.05) is 30.3 Å². The molecule has 1 aromatic carbocycles. The van der Waals surface area contributed by atoms with Crippen molar-refractivity contribution >= 4 is 11.8 Å². The lowest BCUT2D eigenvalue weighted by atomic mass is 10.1. The maximum atomic E-state index is 12.8. The standard InChI is InChI=1S/C22H22N4O5/c27-20-9-8-17(19-7-4-12-31-19)24-26(20)11-10-23-22(29)18-14-30-15-21(28)25(18)13-16-5-2-1-3-6-16/h1-9,12,18H,10-11,13-15H2,(H,23,29)/t18-/m0/s1. The normalized spacial score (nSPS) is 16.3. The third kappa shape index (κ3) is 4.89. The van der Waals surface area contributed by atoms with Crippen molar-refractivity contribution in [3.05, 3.63) is 76.8 Å². The topological polar surface area (TPSA) is 107 Å². The molecule has 0 radical (unpaired) electrons. The van der Waals surface area contributed by atoms with Crippen LogP contribution < -0.4 is 10.9 Å². The predicted octanol–water partition coefficient (Wildman–Crippen LogP) is 1.05. The molecule has 3 aromatic rings. The summed E-state index contributed by atoms with van der Waals surface area (Å²) >= 11 is 0. The summed E-state index contributed by atoms with van der Waals surface area (Å²) in [5.74, 6) is -0.0225. The number of nitrogens with zero attached hydrogens (tertiary/aromatic N) is 3. The van der Waals surface area contributed by atoms with E-state index in [2.05, 4.69) is 10.4 Å². The second-order valence-corrected chi connectivity index (χ2v) is 7.09. The van der Waals surface area contributed by atoms with Crippen molar-refractivity contribution in [3.63, 3.8) is 0 Å². The highest BCUT2D eigenvalue weighted by atomic mass is 16.5. The molecule has 31 heavy (non-hydrogen) atoms. The van der Waals surface area contributed by atoms with Crippen LogP contribution in [0.3, 0.4) is 0 Å². The van der Waals surface area contributed by atoms with Gasteiger partial charge in [0.25, 0.3) is 5.56 Å². The first-order valence-electron chi connectivity index (χ1n) is 9.93. The van der Waals surface area contributed by atoms with E-state index in [1.54, 1.807) is 18.2 Å². The first-order chi connectivity index (χ1) is 15.1. The van der Waals surface area contributed by atoms with Crippen molar-refractivity contribution in [1.82, 2.24) is 20.0 Å². The molecule has 2 amide bonds. The number of hydrogen-bond donors (Lipinski definition) is 1. The van der Waals surface area contributed by atoms with Gasteiger partial charge in [-0.05, 0) is 23.8 Å². The van der Waals surface area contributed by atoms with E-state index in [-0.39, 0.29) is 43.7 Å². The summed E-state index contributed by atoms with van der Waals surface area (Å²) in [7, 11) is 0. The third-order valence-corrected chi connectivity index (χ3v) is 4.96. The second-order valence-electron chi connectivity index (χ2n) is 7.09. The minimum Gasteiger partial charge on any atom is -0.463 e. The van der Waals surface area contributed by atoms with Crippen LogP contribution in [-0.2, 0) is 27.4 Å². The fourth-order valence-electron chi connectivity index (χ4n) is 3.37. The monoisotopic (exact) mass is 422 g/mol. The predicted molar refractivity (Wildman–Crippen MR) is 111 cm³/mol. The van der Waals surface area contributed by atoms with Crippen molar-refractivity contribution < 1.29 is 18.7 Å². The highest BCUT2D eigenvalue weighted by Crippen LogP contribution is 2.15. The highest BCUT2D eigenvalue weighted by molar-refractivity contribution is 5.89. The van der Waals surface area contributed by atoms with Crippen molar-refractivity contribution in [3.8, 4) is 11.5 Å². The van der Waals surface area contributed by atoms with Gasteiger partial charge in [-0.15, -0.1) is 0 Å². The van der Waals surface area contributed by atoms with Gasteiger partial charge in [-0.25, -0.2) is 4.68 Å². The highest BCUT2D eigenvalue weighted by Gasteiger charge is 2.33. The van der Waals surface area contributed by atoms with E-state index in [4.69, 9.17) is 9.15 Å². The smallest absolute Gasteiger partial charge is 0.266 e. The summed E-state index contributed by atoms with van der Waals surface area (Å²) in [5, 5.41) is 7.06. The maximum absolute atomic E-state index is 12.8. The lowest BCUT2D eigenvalue weighted by Crippen LogP contribution is -2.56. The molecule has 1 atom stereocenters. The number of morpholine rings is 1. The van der Waals surface area contributed by atoms with Gasteiger partial charge < -0.3 is 19.4 Å². The van der Waals surface area contributed by atoms with E-state index in [1.165, 1.54) is 21.9 Å². The molecule has 0 aliphatic carbocycles. The summed E-state index contributed by atoms with van der Waals surface area (Å²) in [6.45, 7) is 0.760. The average Bonchev–Trinajstić information content (AvgIpc) is 3.32. The van der Waals surface area contributed by atoms with Crippen LogP contribution in [0.4, 0.5) is 0 Å². The zero-order valence-electron chi connectivity index (χ0n) is 16.8. The molecular weight excluding hydrogens is 400 g/mol. The largest absolute Gasteiger partial charge is 0.463 e. The van der Waals surface area contributed by atoms with Gasteiger partial charge in [-0.3, -0.25) is 14.4 Å². The number of nitrogens with one attached hydrogen (secondary N) is 1. The zero-order chi connectivity index (χ0) is 21.6. The summed E-state index contributed by atoms with van der Waals surface area (Å²) in [4.78, 5) is 38.8. The van der Waals surface area contributed by atoms with Gasteiger partial charge in [0.05, 0.1) is 19.4 Å². The Morgan fingerprint density at radius 1 is 1.10 bits per heavy atom. The van der Waals surface area contributed by atoms with Crippen LogP contribution >= 0.6 is 0 Å². The maximum Gasteiger partial charge on any atom is 0.266 e. The number of carbonyl (C=O) groups is 2. The molecule has 160 valence electrons. The Morgan fingerprint density at radius 3 is 2.71 bits per heavy atom. The van der Waals surface area contributed by atoms with Crippen molar-refractivity contribution in [1.29, 1.82) is 0 Å². The molecule has 1 aliphatic rings. The number of rotatable bonds is 7. The molecule has 1 saturated heterocycles. The molecule has 9 heteroatoms. The zero-order valence-corrected chi connectivity index (χ0v) is 16.8. The Hall–Kier alpha value is -3.72. The fourth-order valence-corrected chi connectivity index (χ4v) is 3.37. The van der Waals surface area contributed by atoms with Gasteiger partial charge in [0, 0.05) is 19.2 Å². The molecule has 0 unspecified atom stereocenters. The van der Waals surface area contributed by atoms with Crippen LogP contribution in [0.25, 0.3) is 11.5 Å². The minimum atomic E-state index is -0.736. The van der Waals surface area contributed by atoms with E-state index >= 15 is 0 Å². The van der Waals surface area contributed by atoms with Crippen LogP contribution in [0.1, 0.15) is 5.56 Å². The van der Waals surface area contributed by atoms with Crippen molar-refractivity contribution in [2.45, 2.75) is 19.1 Å². The second kappa shape index (κ2) is 9.40. The molecule has 0 saturated carbocycles. The molecule has 3 heterocycles. The van der Waals surface area contributed by atoms with E-state index in [9.17, 15) is 14.4 Å². The lowest BCUT2D eigenvalue weighted by molar-refractivity contribution is -0.155. The molecular formula is C22H22N4O5. The van der Waals surface area contributed by atoms with Gasteiger partial charge in [0.15, 0.2) is 5.76 Å². The number of hydrogen-bond acceptors (Lipinski definition) is 6. The number of aromatic nitrogens is 2. The van der Waals surface area contributed by atoms with Gasteiger partial charge in [0.2, 0.25) is 11.8 Å². The molecule has 4 rings (SSSR count). The van der Waals surface area contributed by atoms with Gasteiger partial charge in [-0.1, -0.05) is 30.3 Å². The van der Waals surface area contributed by atoms with Crippen LogP contribution in [0.5, 0.6) is 0 Å². The van der Waals surface area contributed by atoms with E-state index in [0.29, 0.717) is 18.0 Å². The van der Waals surface area contributed by atoms with E-state index < -0.39 is 6.04 Å². The minimum absolute atomic E-state index is 0.0461. The van der Waals surface area contributed by atoms with Crippen LogP contribution in [0.2, 0.25) is 0 Å². The van der Waals surface area contributed by atoms with Crippen LogP contribution in [-0.4, -0.2) is 52.3 Å². The lowest BCUT2D eigenvalue weighted by Gasteiger charge is -2.34. The fraction of sp³-hybridized carbons (Fsp3) is 0.273. The van der Waals surface area contributed by atoms with Crippen molar-refractivity contribution in [2.75, 3.05) is 19.8 Å². The van der Waals surface area contributed by atoms with Crippen LogP contribution in [0, 0.1) is 0 Å². The molecule has 0 bridgehead atoms. The van der Waals surface area contributed by atoms with Crippen LogP contribution in [0.15, 0.2) is 70.1 Å². The Labute approximate surface area is 178 Å². The number of benzene rings is 1. The molecule has 2 aromatic heterocycles. The third-order valence-electron chi connectivity index (χ3n) is 4.96. The first kappa shape index (κ1) is 20.5. The van der Waals surface area contributed by atoms with Gasteiger partial charge in [-0.2, -0.15) is 5.10 Å². The number of furan rings is 1. The molecule has 0 spiro atoms. The van der Waals surface area contributed by atoms with Gasteiger partial charge >= 0.3 is 0 Å². The summed E-state index contributed by atoms with van der Waals surface area (Å²) in [5.41, 5.74) is 1.17. The number of amides is 2.